The first-order chi connectivity index (χ1) is 8.00. The molecular formula is C14H29NO2. The predicted molar refractivity (Wildman–Crippen MR) is 71.3 cm³/mol. The van der Waals surface area contributed by atoms with Crippen molar-refractivity contribution in [3.8, 4) is 0 Å². The number of rotatable bonds is 6. The first-order valence-corrected chi connectivity index (χ1v) is 6.93. The molecule has 17 heavy (non-hydrogen) atoms. The summed E-state index contributed by atoms with van der Waals surface area (Å²) in [6.07, 6.45) is 1.40. The van der Waals surface area contributed by atoms with Gasteiger partial charge in [0, 0.05) is 25.2 Å². The zero-order chi connectivity index (χ0) is 12.9. The molecular weight excluding hydrogens is 214 g/mol. The molecule has 0 spiro atoms. The maximum absolute atomic E-state index is 6.02. The van der Waals surface area contributed by atoms with E-state index < -0.39 is 0 Å². The molecule has 3 atom stereocenters. The fraction of sp³-hybridized carbons (Fsp3) is 1.00. The Hall–Kier alpha value is -0.120. The van der Waals surface area contributed by atoms with Crippen LogP contribution in [-0.2, 0) is 9.47 Å². The van der Waals surface area contributed by atoms with Crippen LogP contribution < -0.4 is 5.32 Å². The summed E-state index contributed by atoms with van der Waals surface area (Å²) in [5, 5.41) is 3.61. The minimum atomic E-state index is 0.158. The van der Waals surface area contributed by atoms with E-state index in [0.29, 0.717) is 12.0 Å². The average Bonchev–Trinajstić information content (AvgIpc) is 2.75. The highest BCUT2D eigenvalue weighted by Gasteiger charge is 2.38. The Morgan fingerprint density at radius 1 is 1.35 bits per heavy atom. The van der Waals surface area contributed by atoms with Gasteiger partial charge in [-0.2, -0.15) is 0 Å². The second-order valence-electron chi connectivity index (χ2n) is 5.95. The lowest BCUT2D eigenvalue weighted by molar-refractivity contribution is -0.0491. The molecule has 1 rings (SSSR count). The molecule has 1 aliphatic rings. The number of likely N-dealkylation sites (N-methyl/N-ethyl adjacent to an activating group) is 1. The first-order valence-electron chi connectivity index (χ1n) is 6.93. The van der Waals surface area contributed by atoms with E-state index in [9.17, 15) is 0 Å². The van der Waals surface area contributed by atoms with Crippen LogP contribution in [0.2, 0.25) is 0 Å². The van der Waals surface area contributed by atoms with Crippen LogP contribution in [0.1, 0.15) is 41.0 Å². The fourth-order valence-electron chi connectivity index (χ4n) is 2.66. The van der Waals surface area contributed by atoms with Crippen molar-refractivity contribution in [1.82, 2.24) is 5.32 Å². The van der Waals surface area contributed by atoms with Crippen LogP contribution in [0, 0.1) is 11.3 Å². The lowest BCUT2D eigenvalue weighted by atomic mass is 9.79. The van der Waals surface area contributed by atoms with Crippen molar-refractivity contribution >= 4 is 0 Å². The van der Waals surface area contributed by atoms with Crippen LogP contribution in [-0.4, -0.2) is 38.5 Å². The predicted octanol–water partition coefficient (Wildman–Crippen LogP) is 2.45. The minimum Gasteiger partial charge on any atom is -0.381 e. The normalized spacial score (nSPS) is 24.9. The summed E-state index contributed by atoms with van der Waals surface area (Å²) in [5.74, 6) is 0.589. The monoisotopic (exact) mass is 243 g/mol. The van der Waals surface area contributed by atoms with Gasteiger partial charge in [-0.05, 0) is 25.3 Å². The van der Waals surface area contributed by atoms with E-state index in [2.05, 4.69) is 39.9 Å². The Labute approximate surface area is 106 Å². The van der Waals surface area contributed by atoms with Crippen LogP contribution in [0.5, 0.6) is 0 Å². The molecule has 0 bridgehead atoms. The Balaban J connectivity index is 2.76. The summed E-state index contributed by atoms with van der Waals surface area (Å²) in [5.41, 5.74) is 0.158. The highest BCUT2D eigenvalue weighted by Crippen LogP contribution is 2.31. The second-order valence-corrected chi connectivity index (χ2v) is 5.95. The lowest BCUT2D eigenvalue weighted by Crippen LogP contribution is -2.52. The molecule has 0 saturated carbocycles. The Morgan fingerprint density at radius 2 is 2.06 bits per heavy atom. The van der Waals surface area contributed by atoms with E-state index in [1.807, 2.05) is 0 Å². The molecule has 3 nitrogen and oxygen atoms in total. The van der Waals surface area contributed by atoms with Crippen LogP contribution in [0.3, 0.4) is 0 Å². The maximum Gasteiger partial charge on any atom is 0.0779 e. The summed E-state index contributed by atoms with van der Waals surface area (Å²) >= 11 is 0. The molecule has 0 aromatic carbocycles. The number of hydrogen-bond acceptors (Lipinski definition) is 3. The van der Waals surface area contributed by atoms with Gasteiger partial charge in [-0.1, -0.05) is 27.7 Å². The maximum atomic E-state index is 6.02. The third-order valence-electron chi connectivity index (χ3n) is 3.44. The molecule has 3 unspecified atom stereocenters. The molecule has 1 N–H and O–H groups in total. The van der Waals surface area contributed by atoms with Crippen molar-refractivity contribution in [2.75, 3.05) is 26.4 Å². The number of hydrogen-bond donors (Lipinski definition) is 1. The van der Waals surface area contributed by atoms with Gasteiger partial charge in [0.15, 0.2) is 0 Å². The van der Waals surface area contributed by atoms with E-state index in [0.717, 1.165) is 32.8 Å². The Morgan fingerprint density at radius 3 is 2.47 bits per heavy atom. The van der Waals surface area contributed by atoms with E-state index in [1.54, 1.807) is 0 Å². The van der Waals surface area contributed by atoms with Crippen LogP contribution in [0.15, 0.2) is 0 Å². The highest BCUT2D eigenvalue weighted by molar-refractivity contribution is 4.92. The molecule has 1 fully saturated rings. The van der Waals surface area contributed by atoms with Crippen molar-refractivity contribution < 1.29 is 9.47 Å². The third kappa shape index (κ3) is 4.23. The van der Waals surface area contributed by atoms with E-state index >= 15 is 0 Å². The lowest BCUT2D eigenvalue weighted by Gasteiger charge is -2.39. The smallest absolute Gasteiger partial charge is 0.0779 e. The van der Waals surface area contributed by atoms with Crippen molar-refractivity contribution in [2.45, 2.75) is 53.2 Å². The van der Waals surface area contributed by atoms with Gasteiger partial charge in [0.25, 0.3) is 0 Å². The molecule has 0 aromatic rings. The zero-order valence-corrected chi connectivity index (χ0v) is 12.1. The summed E-state index contributed by atoms with van der Waals surface area (Å²) in [6.45, 7) is 14.5. The van der Waals surface area contributed by atoms with Gasteiger partial charge in [0.05, 0.1) is 12.7 Å². The average molecular weight is 243 g/mol. The SMILES string of the molecule is CCNC(C1CCOC1)C(OCC)C(C)(C)C. The van der Waals surface area contributed by atoms with E-state index in [1.165, 1.54) is 0 Å². The third-order valence-corrected chi connectivity index (χ3v) is 3.44. The number of ether oxygens (including phenoxy) is 2. The minimum absolute atomic E-state index is 0.158. The van der Waals surface area contributed by atoms with Crippen LogP contribution in [0.4, 0.5) is 0 Å². The van der Waals surface area contributed by atoms with Crippen LogP contribution >= 0.6 is 0 Å². The van der Waals surface area contributed by atoms with Gasteiger partial charge >= 0.3 is 0 Å². The standard InChI is InChI=1S/C14H29NO2/c1-6-15-12(11-8-9-16-10-11)13(17-7-2)14(3,4)5/h11-13,15H,6-10H2,1-5H3. The highest BCUT2D eigenvalue weighted by atomic mass is 16.5. The van der Waals surface area contributed by atoms with E-state index in [-0.39, 0.29) is 11.5 Å². The molecule has 1 aliphatic heterocycles. The van der Waals surface area contributed by atoms with Crippen LogP contribution in [0.25, 0.3) is 0 Å². The van der Waals surface area contributed by atoms with Crippen molar-refractivity contribution in [2.24, 2.45) is 11.3 Å². The molecule has 1 heterocycles. The summed E-state index contributed by atoms with van der Waals surface area (Å²) in [6, 6.07) is 0.405. The molecule has 0 radical (unpaired) electrons. The van der Waals surface area contributed by atoms with Crippen molar-refractivity contribution in [3.63, 3.8) is 0 Å². The van der Waals surface area contributed by atoms with Gasteiger partial charge < -0.3 is 14.8 Å². The largest absolute Gasteiger partial charge is 0.381 e. The fourth-order valence-corrected chi connectivity index (χ4v) is 2.66. The quantitative estimate of drug-likeness (QED) is 0.777. The molecule has 3 heteroatoms. The molecule has 0 aliphatic carbocycles. The molecule has 1 saturated heterocycles. The summed E-state index contributed by atoms with van der Waals surface area (Å²) in [7, 11) is 0. The van der Waals surface area contributed by atoms with Crippen molar-refractivity contribution in [1.29, 1.82) is 0 Å². The molecule has 102 valence electrons. The van der Waals surface area contributed by atoms with E-state index in [4.69, 9.17) is 9.47 Å². The van der Waals surface area contributed by atoms with Gasteiger partial charge in [-0.25, -0.2) is 0 Å². The molecule has 0 aromatic heterocycles. The van der Waals surface area contributed by atoms with Gasteiger partial charge in [0.2, 0.25) is 0 Å². The van der Waals surface area contributed by atoms with Gasteiger partial charge in [-0.3, -0.25) is 0 Å². The topological polar surface area (TPSA) is 30.5 Å². The van der Waals surface area contributed by atoms with Gasteiger partial charge in [0.1, 0.15) is 0 Å². The number of nitrogens with one attached hydrogen (secondary N) is 1. The Bertz CT molecular complexity index is 207. The Kier molecular flexibility index (Phi) is 5.90. The molecule has 0 amide bonds. The summed E-state index contributed by atoms with van der Waals surface area (Å²) in [4.78, 5) is 0. The van der Waals surface area contributed by atoms with Crippen molar-refractivity contribution in [3.05, 3.63) is 0 Å². The van der Waals surface area contributed by atoms with Gasteiger partial charge in [-0.15, -0.1) is 0 Å². The second kappa shape index (κ2) is 6.72. The summed E-state index contributed by atoms with van der Waals surface area (Å²) < 4.78 is 11.5. The zero-order valence-electron chi connectivity index (χ0n) is 12.1. The first kappa shape index (κ1) is 14.9.